The van der Waals surface area contributed by atoms with Crippen LogP contribution in [-0.4, -0.2) is 31.9 Å². The van der Waals surface area contributed by atoms with Crippen molar-refractivity contribution in [2.45, 2.75) is 20.3 Å². The van der Waals surface area contributed by atoms with Crippen molar-refractivity contribution in [2.24, 2.45) is 5.92 Å². The summed E-state index contributed by atoms with van der Waals surface area (Å²) in [5.41, 5.74) is 3.15. The average Bonchev–Trinajstić information content (AvgIpc) is 2.87. The molecule has 8 heteroatoms. The maximum atomic E-state index is 12.4. The Morgan fingerprint density at radius 1 is 1.06 bits per heavy atom. The third-order valence-electron chi connectivity index (χ3n) is 5.97. The van der Waals surface area contributed by atoms with Gasteiger partial charge in [0, 0.05) is 34.3 Å². The highest BCUT2D eigenvalue weighted by molar-refractivity contribution is 6.31. The van der Waals surface area contributed by atoms with Crippen molar-refractivity contribution in [3.05, 3.63) is 70.9 Å². The summed E-state index contributed by atoms with van der Waals surface area (Å²) >= 11 is 5.93. The molecule has 1 atom stereocenters. The van der Waals surface area contributed by atoms with Gasteiger partial charge in [-0.15, -0.1) is 0 Å². The molecule has 0 bridgehead atoms. The van der Waals surface area contributed by atoms with E-state index in [-0.39, 0.29) is 12.5 Å². The van der Waals surface area contributed by atoms with Gasteiger partial charge in [-0.2, -0.15) is 0 Å². The minimum absolute atomic E-state index is 0.121. The Morgan fingerprint density at radius 3 is 2.54 bits per heavy atom. The highest BCUT2D eigenvalue weighted by atomic mass is 35.5. The van der Waals surface area contributed by atoms with Crippen LogP contribution in [0.4, 0.5) is 10.5 Å². The summed E-state index contributed by atoms with van der Waals surface area (Å²) in [5, 5.41) is 4.32. The van der Waals surface area contributed by atoms with Crippen LogP contribution in [0, 0.1) is 19.8 Å². The molecule has 1 aromatic heterocycles. The van der Waals surface area contributed by atoms with E-state index in [0.717, 1.165) is 28.5 Å². The maximum absolute atomic E-state index is 12.4. The van der Waals surface area contributed by atoms with Gasteiger partial charge in [0.1, 0.15) is 11.5 Å². The largest absolute Gasteiger partial charge is 0.493 e. The lowest BCUT2D eigenvalue weighted by Gasteiger charge is -2.17. The summed E-state index contributed by atoms with van der Waals surface area (Å²) in [6.45, 7) is 4.15. The Balaban J connectivity index is 1.49. The molecule has 3 aromatic rings. The number of pyridine rings is 1. The molecule has 182 valence electrons. The van der Waals surface area contributed by atoms with Gasteiger partial charge in [-0.25, -0.2) is 4.79 Å². The Hall–Kier alpha value is -3.71. The summed E-state index contributed by atoms with van der Waals surface area (Å²) in [5.74, 6) is 2.61. The van der Waals surface area contributed by atoms with Crippen molar-refractivity contribution >= 4 is 34.3 Å². The van der Waals surface area contributed by atoms with Crippen molar-refractivity contribution < 1.29 is 23.7 Å². The molecule has 35 heavy (non-hydrogen) atoms. The van der Waals surface area contributed by atoms with E-state index in [1.807, 2.05) is 50.3 Å². The monoisotopic (exact) mass is 494 g/mol. The number of amides is 1. The number of methoxy groups -OCH3 is 2. The first kappa shape index (κ1) is 24.4. The zero-order valence-corrected chi connectivity index (χ0v) is 20.8. The van der Waals surface area contributed by atoms with Crippen molar-refractivity contribution in [2.75, 3.05) is 26.1 Å². The number of hydrogen-bond acceptors (Lipinski definition) is 6. The van der Waals surface area contributed by atoms with Crippen LogP contribution in [-0.2, 0) is 4.74 Å². The number of aromatic nitrogens is 1. The van der Waals surface area contributed by atoms with Crippen LogP contribution in [0.25, 0.3) is 10.9 Å². The number of ether oxygens (including phenoxy) is 4. The van der Waals surface area contributed by atoms with Gasteiger partial charge in [-0.3, -0.25) is 10.3 Å². The van der Waals surface area contributed by atoms with Gasteiger partial charge in [0.2, 0.25) is 0 Å². The highest BCUT2D eigenvalue weighted by Crippen LogP contribution is 2.38. The molecule has 0 aliphatic heterocycles. The first-order chi connectivity index (χ1) is 16.9. The predicted octanol–water partition coefficient (Wildman–Crippen LogP) is 6.91. The van der Waals surface area contributed by atoms with Crippen LogP contribution >= 0.6 is 11.6 Å². The molecule has 1 aliphatic rings. The number of halogens is 1. The zero-order valence-electron chi connectivity index (χ0n) is 20.1. The summed E-state index contributed by atoms with van der Waals surface area (Å²) in [7, 11) is 3.17. The number of nitrogens with zero attached hydrogens (tertiary/aromatic N) is 1. The summed E-state index contributed by atoms with van der Waals surface area (Å²) in [4.78, 5) is 16.8. The number of carbonyl (C=O) groups is 1. The first-order valence-corrected chi connectivity index (χ1v) is 11.5. The van der Waals surface area contributed by atoms with Crippen LogP contribution in [0.1, 0.15) is 17.5 Å². The number of fused-ring (bicyclic) bond motifs is 1. The molecule has 0 saturated heterocycles. The molecule has 2 aromatic carbocycles. The smallest absolute Gasteiger partial charge is 0.411 e. The summed E-state index contributed by atoms with van der Waals surface area (Å²) in [6, 6.07) is 9.08. The van der Waals surface area contributed by atoms with Crippen LogP contribution in [0.3, 0.4) is 0 Å². The normalized spacial score (nSPS) is 14.9. The summed E-state index contributed by atoms with van der Waals surface area (Å²) < 4.78 is 22.5. The van der Waals surface area contributed by atoms with Crippen LogP contribution in [0.15, 0.2) is 59.8 Å². The van der Waals surface area contributed by atoms with Gasteiger partial charge >= 0.3 is 6.09 Å². The van der Waals surface area contributed by atoms with E-state index in [9.17, 15) is 4.79 Å². The molecule has 1 unspecified atom stereocenters. The van der Waals surface area contributed by atoms with Gasteiger partial charge in [0.25, 0.3) is 0 Å². The lowest BCUT2D eigenvalue weighted by molar-refractivity contribution is 0.149. The third kappa shape index (κ3) is 5.52. The molecule has 1 aliphatic carbocycles. The minimum atomic E-state index is -0.503. The molecule has 7 nitrogen and oxygen atoms in total. The molecule has 0 fully saturated rings. The second kappa shape index (κ2) is 10.7. The maximum Gasteiger partial charge on any atom is 0.411 e. The number of carbonyl (C=O) groups excluding carboxylic acids is 1. The number of benzene rings is 2. The average molecular weight is 495 g/mol. The fraction of sp³-hybridized carbons (Fsp3) is 0.259. The van der Waals surface area contributed by atoms with E-state index in [0.29, 0.717) is 33.7 Å². The molecule has 0 saturated carbocycles. The second-order valence-corrected chi connectivity index (χ2v) is 8.60. The molecular formula is C27H27ClN2O5. The van der Waals surface area contributed by atoms with Crippen LogP contribution in [0.2, 0.25) is 0 Å². The SMILES string of the molecule is COc1cc2nccc(Oc3ccc(NC(=O)OCC4C=CC(Cl)=CC4)c(C)c3C)c2cc1OC. The Morgan fingerprint density at radius 2 is 1.83 bits per heavy atom. The Labute approximate surface area is 209 Å². The van der Waals surface area contributed by atoms with Gasteiger partial charge in [-0.05, 0) is 61.7 Å². The Bertz CT molecular complexity index is 1320. The number of hydrogen-bond donors (Lipinski definition) is 1. The number of anilines is 1. The standard InChI is InChI=1S/C27H27ClN2O5/c1-16-17(2)23(10-9-21(16)30-27(31)34-15-18-5-7-19(28)8-6-18)35-24-11-12-29-22-14-26(33-4)25(32-3)13-20(22)24/h5,7-14,18H,6,15H2,1-4H3,(H,30,31). The molecular weight excluding hydrogens is 468 g/mol. The minimum Gasteiger partial charge on any atom is -0.493 e. The highest BCUT2D eigenvalue weighted by Gasteiger charge is 2.16. The third-order valence-corrected chi connectivity index (χ3v) is 6.25. The van der Waals surface area contributed by atoms with E-state index < -0.39 is 6.09 Å². The van der Waals surface area contributed by atoms with Gasteiger partial charge < -0.3 is 18.9 Å². The van der Waals surface area contributed by atoms with Crippen LogP contribution < -0.4 is 19.5 Å². The predicted molar refractivity (Wildman–Crippen MR) is 137 cm³/mol. The zero-order chi connectivity index (χ0) is 24.9. The van der Waals surface area contributed by atoms with E-state index in [4.69, 9.17) is 30.5 Å². The van der Waals surface area contributed by atoms with Crippen LogP contribution in [0.5, 0.6) is 23.0 Å². The van der Waals surface area contributed by atoms with E-state index in [1.54, 1.807) is 32.5 Å². The molecule has 0 radical (unpaired) electrons. The van der Waals surface area contributed by atoms with E-state index >= 15 is 0 Å². The van der Waals surface area contributed by atoms with Crippen molar-refractivity contribution in [3.63, 3.8) is 0 Å². The lowest BCUT2D eigenvalue weighted by atomic mass is 10.0. The van der Waals surface area contributed by atoms with E-state index in [1.165, 1.54) is 0 Å². The van der Waals surface area contributed by atoms with Gasteiger partial charge in [0.05, 0.1) is 26.3 Å². The first-order valence-electron chi connectivity index (χ1n) is 11.2. The van der Waals surface area contributed by atoms with Gasteiger partial charge in [0.15, 0.2) is 11.5 Å². The molecule has 1 heterocycles. The number of allylic oxidation sites excluding steroid dienone is 3. The lowest BCUT2D eigenvalue weighted by Crippen LogP contribution is -2.19. The molecule has 1 N–H and O–H groups in total. The molecule has 4 rings (SSSR count). The number of nitrogens with one attached hydrogen (secondary N) is 1. The molecule has 1 amide bonds. The second-order valence-electron chi connectivity index (χ2n) is 8.16. The van der Waals surface area contributed by atoms with Gasteiger partial charge in [-0.1, -0.05) is 23.8 Å². The Kier molecular flexibility index (Phi) is 7.46. The van der Waals surface area contributed by atoms with E-state index in [2.05, 4.69) is 10.3 Å². The van der Waals surface area contributed by atoms with Crippen molar-refractivity contribution in [3.8, 4) is 23.0 Å². The fourth-order valence-corrected chi connectivity index (χ4v) is 3.95. The molecule has 0 spiro atoms. The fourth-order valence-electron chi connectivity index (χ4n) is 3.79. The quantitative estimate of drug-likeness (QED) is 0.384. The topological polar surface area (TPSA) is 78.9 Å². The summed E-state index contributed by atoms with van der Waals surface area (Å²) in [6.07, 6.45) is 7.61. The van der Waals surface area contributed by atoms with Crippen molar-refractivity contribution in [1.29, 1.82) is 0 Å². The number of rotatable bonds is 7. The van der Waals surface area contributed by atoms with Crippen molar-refractivity contribution in [1.82, 2.24) is 4.98 Å².